The lowest BCUT2D eigenvalue weighted by Crippen LogP contribution is -2.48. The van der Waals surface area contributed by atoms with Crippen LogP contribution >= 0.6 is 0 Å². The standard InChI is InChI=1S/C18H17N3O3/c1-10-19-14-9-12-5-3-2-4-11(12)8-13(14)18(24)21(10)15-6-7-16(22)20-17(15)23/h2-5,8-9,15,17,23H,6-7H2,1H3,(H,20,22). The van der Waals surface area contributed by atoms with Gasteiger partial charge in [0, 0.05) is 6.42 Å². The summed E-state index contributed by atoms with van der Waals surface area (Å²) in [4.78, 5) is 29.0. The average Bonchev–Trinajstić information content (AvgIpc) is 2.55. The molecule has 0 spiro atoms. The van der Waals surface area contributed by atoms with Gasteiger partial charge < -0.3 is 10.4 Å². The summed E-state index contributed by atoms with van der Waals surface area (Å²) in [5.74, 6) is 0.326. The number of carbonyl (C=O) groups is 1. The molecule has 6 heteroatoms. The van der Waals surface area contributed by atoms with Gasteiger partial charge in [0.05, 0.1) is 16.9 Å². The quantitative estimate of drug-likeness (QED) is 0.667. The van der Waals surface area contributed by atoms with Gasteiger partial charge in [0.15, 0.2) is 0 Å². The smallest absolute Gasteiger partial charge is 0.261 e. The van der Waals surface area contributed by atoms with Gasteiger partial charge >= 0.3 is 0 Å². The maximum absolute atomic E-state index is 13.0. The van der Waals surface area contributed by atoms with E-state index in [1.54, 1.807) is 6.92 Å². The van der Waals surface area contributed by atoms with Gasteiger partial charge in [-0.25, -0.2) is 4.98 Å². The van der Waals surface area contributed by atoms with E-state index in [0.717, 1.165) is 10.8 Å². The molecular formula is C18H17N3O3. The van der Waals surface area contributed by atoms with Gasteiger partial charge in [-0.2, -0.15) is 0 Å². The first-order valence-electron chi connectivity index (χ1n) is 7.93. The highest BCUT2D eigenvalue weighted by molar-refractivity contribution is 5.96. The van der Waals surface area contributed by atoms with E-state index in [9.17, 15) is 14.7 Å². The highest BCUT2D eigenvalue weighted by Crippen LogP contribution is 2.24. The van der Waals surface area contributed by atoms with E-state index in [1.807, 2.05) is 36.4 Å². The van der Waals surface area contributed by atoms with Crippen molar-refractivity contribution in [2.75, 3.05) is 0 Å². The Balaban J connectivity index is 1.95. The monoisotopic (exact) mass is 323 g/mol. The highest BCUT2D eigenvalue weighted by Gasteiger charge is 2.30. The molecule has 2 atom stereocenters. The van der Waals surface area contributed by atoms with Gasteiger partial charge in [0.1, 0.15) is 12.1 Å². The molecule has 24 heavy (non-hydrogen) atoms. The molecule has 2 heterocycles. The van der Waals surface area contributed by atoms with Gasteiger partial charge in [0.2, 0.25) is 5.91 Å². The van der Waals surface area contributed by atoms with Crippen LogP contribution in [0.1, 0.15) is 24.7 Å². The van der Waals surface area contributed by atoms with E-state index in [1.165, 1.54) is 4.57 Å². The van der Waals surface area contributed by atoms with Gasteiger partial charge in [-0.1, -0.05) is 24.3 Å². The fraction of sp³-hybridized carbons (Fsp3) is 0.278. The van der Waals surface area contributed by atoms with Crippen LogP contribution in [0.25, 0.3) is 21.7 Å². The SMILES string of the molecule is Cc1nc2cc3ccccc3cc2c(=O)n1C1CCC(=O)NC1O. The number of hydrogen-bond acceptors (Lipinski definition) is 4. The molecule has 0 bridgehead atoms. The molecule has 0 aliphatic carbocycles. The minimum absolute atomic E-state index is 0.191. The topological polar surface area (TPSA) is 84.2 Å². The van der Waals surface area contributed by atoms with E-state index in [0.29, 0.717) is 23.1 Å². The second kappa shape index (κ2) is 5.42. The number of nitrogens with one attached hydrogen (secondary N) is 1. The third-order valence-electron chi connectivity index (χ3n) is 4.62. The molecule has 1 fully saturated rings. The van der Waals surface area contributed by atoms with Gasteiger partial charge in [-0.3, -0.25) is 14.2 Å². The molecular weight excluding hydrogens is 306 g/mol. The number of aliphatic hydroxyl groups excluding tert-OH is 1. The van der Waals surface area contributed by atoms with Crippen LogP contribution in [-0.4, -0.2) is 26.8 Å². The van der Waals surface area contributed by atoms with E-state index in [2.05, 4.69) is 10.3 Å². The molecule has 1 saturated heterocycles. The molecule has 2 unspecified atom stereocenters. The van der Waals surface area contributed by atoms with E-state index in [-0.39, 0.29) is 17.9 Å². The summed E-state index contributed by atoms with van der Waals surface area (Å²) in [6.07, 6.45) is -0.389. The number of fused-ring (bicyclic) bond motifs is 2. The molecule has 4 rings (SSSR count). The Bertz CT molecular complexity index is 1030. The lowest BCUT2D eigenvalue weighted by molar-refractivity contribution is -0.128. The van der Waals surface area contributed by atoms with Crippen molar-refractivity contribution in [3.63, 3.8) is 0 Å². The largest absolute Gasteiger partial charge is 0.372 e. The highest BCUT2D eigenvalue weighted by atomic mass is 16.3. The van der Waals surface area contributed by atoms with Crippen LogP contribution in [0.3, 0.4) is 0 Å². The summed E-state index contributed by atoms with van der Waals surface area (Å²) in [5.41, 5.74) is 0.449. The van der Waals surface area contributed by atoms with E-state index < -0.39 is 12.3 Å². The number of hydrogen-bond donors (Lipinski definition) is 2. The predicted octanol–water partition coefficient (Wildman–Crippen LogP) is 1.63. The van der Waals surface area contributed by atoms with Crippen LogP contribution in [0, 0.1) is 6.92 Å². The summed E-state index contributed by atoms with van der Waals surface area (Å²) < 4.78 is 1.50. The average molecular weight is 323 g/mol. The molecule has 2 aromatic carbocycles. The molecule has 2 N–H and O–H groups in total. The summed E-state index contributed by atoms with van der Waals surface area (Å²) in [6.45, 7) is 1.75. The van der Waals surface area contributed by atoms with E-state index in [4.69, 9.17) is 0 Å². The predicted molar refractivity (Wildman–Crippen MR) is 90.7 cm³/mol. The van der Waals surface area contributed by atoms with Crippen molar-refractivity contribution in [1.82, 2.24) is 14.9 Å². The molecule has 1 aromatic heterocycles. The number of nitrogens with zero attached hydrogens (tertiary/aromatic N) is 2. The van der Waals surface area contributed by atoms with Crippen LogP contribution < -0.4 is 10.9 Å². The van der Waals surface area contributed by atoms with Crippen molar-refractivity contribution in [2.45, 2.75) is 32.0 Å². The fourth-order valence-electron chi connectivity index (χ4n) is 3.43. The van der Waals surface area contributed by atoms with E-state index >= 15 is 0 Å². The maximum atomic E-state index is 13.0. The lowest BCUT2D eigenvalue weighted by Gasteiger charge is -2.30. The molecule has 1 amide bonds. The van der Waals surface area contributed by atoms with Crippen LogP contribution in [0.15, 0.2) is 41.2 Å². The zero-order chi connectivity index (χ0) is 16.8. The van der Waals surface area contributed by atoms with Crippen LogP contribution in [0.4, 0.5) is 0 Å². The number of amides is 1. The molecule has 1 aliphatic rings. The Hall–Kier alpha value is -2.73. The number of rotatable bonds is 1. The first-order valence-corrected chi connectivity index (χ1v) is 7.93. The first-order chi connectivity index (χ1) is 11.5. The van der Waals surface area contributed by atoms with Crippen LogP contribution in [0.5, 0.6) is 0 Å². The zero-order valence-electron chi connectivity index (χ0n) is 13.2. The number of aryl methyl sites for hydroxylation is 1. The third kappa shape index (κ3) is 2.27. The van der Waals surface area contributed by atoms with Crippen molar-refractivity contribution in [2.24, 2.45) is 0 Å². The number of carbonyl (C=O) groups excluding carboxylic acids is 1. The lowest BCUT2D eigenvalue weighted by atomic mass is 10.0. The fourth-order valence-corrected chi connectivity index (χ4v) is 3.43. The Morgan fingerprint density at radius 2 is 1.92 bits per heavy atom. The number of aromatic nitrogens is 2. The Morgan fingerprint density at radius 1 is 1.21 bits per heavy atom. The summed E-state index contributed by atoms with van der Waals surface area (Å²) >= 11 is 0. The molecule has 0 saturated carbocycles. The van der Waals surface area contributed by atoms with Crippen molar-refractivity contribution in [1.29, 1.82) is 0 Å². The Morgan fingerprint density at radius 3 is 2.62 bits per heavy atom. The minimum Gasteiger partial charge on any atom is -0.372 e. The van der Waals surface area contributed by atoms with Gasteiger partial charge in [0.25, 0.3) is 5.56 Å². The number of piperidine rings is 1. The van der Waals surface area contributed by atoms with Crippen molar-refractivity contribution >= 4 is 27.6 Å². The third-order valence-corrected chi connectivity index (χ3v) is 4.62. The van der Waals surface area contributed by atoms with Gasteiger partial charge in [-0.15, -0.1) is 0 Å². The second-order valence-electron chi connectivity index (χ2n) is 6.17. The second-order valence-corrected chi connectivity index (χ2v) is 6.17. The van der Waals surface area contributed by atoms with Crippen LogP contribution in [0.2, 0.25) is 0 Å². The molecule has 3 aromatic rings. The molecule has 1 aliphatic heterocycles. The molecule has 6 nitrogen and oxygen atoms in total. The number of benzene rings is 2. The maximum Gasteiger partial charge on any atom is 0.261 e. The van der Waals surface area contributed by atoms with Crippen molar-refractivity contribution < 1.29 is 9.90 Å². The zero-order valence-corrected chi connectivity index (χ0v) is 13.2. The Kier molecular flexibility index (Phi) is 3.35. The molecule has 122 valence electrons. The molecule has 0 radical (unpaired) electrons. The number of aliphatic hydroxyl groups is 1. The summed E-state index contributed by atoms with van der Waals surface area (Å²) in [7, 11) is 0. The van der Waals surface area contributed by atoms with Crippen molar-refractivity contribution in [3.8, 4) is 0 Å². The van der Waals surface area contributed by atoms with Crippen LogP contribution in [-0.2, 0) is 4.79 Å². The van der Waals surface area contributed by atoms with Crippen molar-refractivity contribution in [3.05, 3.63) is 52.6 Å². The normalized spacial score (nSPS) is 21.2. The Labute approximate surface area is 137 Å². The summed E-state index contributed by atoms with van der Waals surface area (Å²) in [6, 6.07) is 11.1. The minimum atomic E-state index is -1.08. The first kappa shape index (κ1) is 14.8. The summed E-state index contributed by atoms with van der Waals surface area (Å²) in [5, 5.41) is 15.2. The van der Waals surface area contributed by atoms with Gasteiger partial charge in [-0.05, 0) is 36.2 Å².